The summed E-state index contributed by atoms with van der Waals surface area (Å²) in [6.45, 7) is 6.86. The number of hydrogen-bond acceptors (Lipinski definition) is 5. The van der Waals surface area contributed by atoms with Crippen LogP contribution in [0.15, 0.2) is 53.7 Å². The van der Waals surface area contributed by atoms with Gasteiger partial charge in [0.15, 0.2) is 5.16 Å². The molecule has 2 heterocycles. The second kappa shape index (κ2) is 10.2. The number of anilines is 1. The molecule has 0 bridgehead atoms. The van der Waals surface area contributed by atoms with E-state index < -0.39 is 0 Å². The molecular weight excluding hydrogens is 425 g/mol. The van der Waals surface area contributed by atoms with Gasteiger partial charge in [0.2, 0.25) is 11.9 Å². The standard InChI is InChI=1S/C24H28FN5OS/c1-3-28(16-19-7-6-8-20(25)15-19)22(31)17-32-24-27-26-23(29-13-4-5-14-29)30(24)21-11-9-18(2)10-12-21/h6-12,15H,3-5,13-14,16-17H2,1-2H3. The van der Waals surface area contributed by atoms with Crippen molar-refractivity contribution in [3.05, 3.63) is 65.5 Å². The minimum Gasteiger partial charge on any atom is -0.341 e. The number of thioether (sulfide) groups is 1. The summed E-state index contributed by atoms with van der Waals surface area (Å²) in [5, 5.41) is 9.59. The number of nitrogens with zero attached hydrogens (tertiary/aromatic N) is 5. The molecule has 0 aliphatic carbocycles. The number of amides is 1. The average molecular weight is 454 g/mol. The van der Waals surface area contributed by atoms with Gasteiger partial charge in [0.1, 0.15) is 5.82 Å². The molecule has 1 saturated heterocycles. The first-order valence-electron chi connectivity index (χ1n) is 11.0. The van der Waals surface area contributed by atoms with Gasteiger partial charge in [-0.2, -0.15) is 0 Å². The molecular formula is C24H28FN5OS. The highest BCUT2D eigenvalue weighted by molar-refractivity contribution is 7.99. The first kappa shape index (κ1) is 22.3. The Labute approximate surface area is 192 Å². The minimum atomic E-state index is -0.291. The molecule has 1 aliphatic heterocycles. The monoisotopic (exact) mass is 453 g/mol. The van der Waals surface area contributed by atoms with E-state index in [-0.39, 0.29) is 17.5 Å². The van der Waals surface area contributed by atoms with Gasteiger partial charge in [0.05, 0.1) is 11.4 Å². The molecule has 1 fully saturated rings. The largest absolute Gasteiger partial charge is 0.341 e. The van der Waals surface area contributed by atoms with E-state index in [1.807, 2.05) is 17.6 Å². The van der Waals surface area contributed by atoms with E-state index in [0.29, 0.717) is 18.2 Å². The van der Waals surface area contributed by atoms with Crippen molar-refractivity contribution in [2.45, 2.75) is 38.4 Å². The summed E-state index contributed by atoms with van der Waals surface area (Å²) in [5.41, 5.74) is 2.96. The van der Waals surface area contributed by atoms with E-state index in [2.05, 4.69) is 46.3 Å². The van der Waals surface area contributed by atoms with Crippen LogP contribution in [0.5, 0.6) is 0 Å². The summed E-state index contributed by atoms with van der Waals surface area (Å²) in [6.07, 6.45) is 2.29. The van der Waals surface area contributed by atoms with Gasteiger partial charge < -0.3 is 9.80 Å². The van der Waals surface area contributed by atoms with Gasteiger partial charge >= 0.3 is 0 Å². The summed E-state index contributed by atoms with van der Waals surface area (Å²) >= 11 is 1.39. The zero-order valence-corrected chi connectivity index (χ0v) is 19.3. The van der Waals surface area contributed by atoms with E-state index in [1.165, 1.54) is 29.5 Å². The van der Waals surface area contributed by atoms with E-state index in [9.17, 15) is 9.18 Å². The number of rotatable bonds is 8. The fraction of sp³-hybridized carbons (Fsp3) is 0.375. The second-order valence-corrected chi connectivity index (χ2v) is 8.92. The molecule has 6 nitrogen and oxygen atoms in total. The summed E-state index contributed by atoms with van der Waals surface area (Å²) in [7, 11) is 0. The molecule has 4 rings (SSSR count). The zero-order chi connectivity index (χ0) is 22.5. The van der Waals surface area contributed by atoms with Crippen molar-refractivity contribution in [3.63, 3.8) is 0 Å². The Balaban J connectivity index is 1.51. The number of aromatic nitrogens is 3. The maximum absolute atomic E-state index is 13.5. The van der Waals surface area contributed by atoms with Gasteiger partial charge in [-0.3, -0.25) is 9.36 Å². The van der Waals surface area contributed by atoms with Crippen LogP contribution < -0.4 is 4.90 Å². The number of carbonyl (C=O) groups is 1. The van der Waals surface area contributed by atoms with Crippen molar-refractivity contribution in [1.82, 2.24) is 19.7 Å². The molecule has 1 aromatic heterocycles. The fourth-order valence-electron chi connectivity index (χ4n) is 3.85. The van der Waals surface area contributed by atoms with Gasteiger partial charge in [-0.15, -0.1) is 10.2 Å². The summed E-state index contributed by atoms with van der Waals surface area (Å²) in [4.78, 5) is 16.9. The highest BCUT2D eigenvalue weighted by Crippen LogP contribution is 2.29. The molecule has 1 amide bonds. The molecule has 168 valence electrons. The Morgan fingerprint density at radius 2 is 1.88 bits per heavy atom. The van der Waals surface area contributed by atoms with E-state index in [0.717, 1.165) is 43.1 Å². The van der Waals surface area contributed by atoms with Gasteiger partial charge in [-0.25, -0.2) is 4.39 Å². The fourth-order valence-corrected chi connectivity index (χ4v) is 4.70. The minimum absolute atomic E-state index is 0.0112. The predicted molar refractivity (Wildman–Crippen MR) is 126 cm³/mol. The highest BCUT2D eigenvalue weighted by atomic mass is 32.2. The Kier molecular flexibility index (Phi) is 7.09. The molecule has 3 aromatic rings. The third kappa shape index (κ3) is 5.12. The van der Waals surface area contributed by atoms with Crippen molar-refractivity contribution in [2.24, 2.45) is 0 Å². The normalized spacial score (nSPS) is 13.5. The van der Waals surface area contributed by atoms with Gasteiger partial charge in [0.25, 0.3) is 0 Å². The van der Waals surface area contributed by atoms with Crippen molar-refractivity contribution in [2.75, 3.05) is 30.3 Å². The smallest absolute Gasteiger partial charge is 0.233 e. The summed E-state index contributed by atoms with van der Waals surface area (Å²) in [5.74, 6) is 0.769. The molecule has 0 N–H and O–H groups in total. The van der Waals surface area contributed by atoms with Crippen molar-refractivity contribution in [1.29, 1.82) is 0 Å². The van der Waals surface area contributed by atoms with E-state index in [4.69, 9.17) is 0 Å². The maximum Gasteiger partial charge on any atom is 0.233 e. The van der Waals surface area contributed by atoms with Crippen LogP contribution >= 0.6 is 11.8 Å². The lowest BCUT2D eigenvalue weighted by atomic mass is 10.2. The highest BCUT2D eigenvalue weighted by Gasteiger charge is 2.23. The topological polar surface area (TPSA) is 54.3 Å². The molecule has 8 heteroatoms. The summed E-state index contributed by atoms with van der Waals surface area (Å²) in [6, 6.07) is 14.6. The predicted octanol–water partition coefficient (Wildman–Crippen LogP) is 4.46. The van der Waals surface area contributed by atoms with E-state index in [1.54, 1.807) is 11.0 Å². The number of halogens is 1. The van der Waals surface area contributed by atoms with Crippen molar-refractivity contribution >= 4 is 23.6 Å². The van der Waals surface area contributed by atoms with Crippen LogP contribution in [0.2, 0.25) is 0 Å². The third-order valence-electron chi connectivity index (χ3n) is 5.62. The Morgan fingerprint density at radius 1 is 1.12 bits per heavy atom. The van der Waals surface area contributed by atoms with E-state index >= 15 is 0 Å². The van der Waals surface area contributed by atoms with Gasteiger partial charge in [0, 0.05) is 26.2 Å². The summed E-state index contributed by atoms with van der Waals surface area (Å²) < 4.78 is 15.6. The molecule has 1 aliphatic rings. The molecule has 2 aromatic carbocycles. The van der Waals surface area contributed by atoms with Crippen LogP contribution in [-0.4, -0.2) is 51.0 Å². The number of carbonyl (C=O) groups excluding carboxylic acids is 1. The number of hydrogen-bond donors (Lipinski definition) is 0. The first-order chi connectivity index (χ1) is 15.5. The van der Waals surface area contributed by atoms with Crippen LogP contribution in [0.4, 0.5) is 10.3 Å². The maximum atomic E-state index is 13.5. The molecule has 0 atom stereocenters. The lowest BCUT2D eigenvalue weighted by Gasteiger charge is -2.21. The van der Waals surface area contributed by atoms with Crippen LogP contribution in [0, 0.1) is 12.7 Å². The molecule has 0 spiro atoms. The number of benzene rings is 2. The van der Waals surface area contributed by atoms with Crippen LogP contribution in [0.1, 0.15) is 30.9 Å². The Morgan fingerprint density at radius 3 is 2.56 bits per heavy atom. The molecule has 32 heavy (non-hydrogen) atoms. The van der Waals surface area contributed by atoms with Gasteiger partial charge in [-0.1, -0.05) is 41.6 Å². The van der Waals surface area contributed by atoms with Crippen molar-refractivity contribution < 1.29 is 9.18 Å². The molecule has 0 unspecified atom stereocenters. The van der Waals surface area contributed by atoms with Gasteiger partial charge in [-0.05, 0) is 56.5 Å². The lowest BCUT2D eigenvalue weighted by molar-refractivity contribution is -0.128. The second-order valence-electron chi connectivity index (χ2n) is 7.97. The third-order valence-corrected chi connectivity index (χ3v) is 6.53. The SMILES string of the molecule is CCN(Cc1cccc(F)c1)C(=O)CSc1nnc(N2CCCC2)n1-c1ccc(C)cc1. The Bertz CT molecular complexity index is 1060. The lowest BCUT2D eigenvalue weighted by Crippen LogP contribution is -2.31. The van der Waals surface area contributed by atoms with Crippen LogP contribution in [0.3, 0.4) is 0 Å². The Hall–Kier alpha value is -2.87. The van der Waals surface area contributed by atoms with Crippen LogP contribution in [0.25, 0.3) is 5.69 Å². The zero-order valence-electron chi connectivity index (χ0n) is 18.5. The quantitative estimate of drug-likeness (QED) is 0.472. The van der Waals surface area contributed by atoms with Crippen molar-refractivity contribution in [3.8, 4) is 5.69 Å². The number of aryl methyl sites for hydroxylation is 1. The molecule has 0 radical (unpaired) electrons. The first-order valence-corrected chi connectivity index (χ1v) is 12.0. The van der Waals surface area contributed by atoms with Crippen LogP contribution in [-0.2, 0) is 11.3 Å². The molecule has 0 saturated carbocycles. The average Bonchev–Trinajstić information content (AvgIpc) is 3.46.